The molecule has 1 unspecified atom stereocenters. The molecule has 0 spiro atoms. The smallest absolute Gasteiger partial charge is 0.249 e. The first-order valence-electron chi connectivity index (χ1n) is 6.20. The molecular weight excluding hydrogens is 274 g/mol. The van der Waals surface area contributed by atoms with Crippen molar-refractivity contribution in [3.8, 4) is 11.5 Å². The van der Waals surface area contributed by atoms with Crippen LogP contribution in [0.2, 0.25) is 0 Å². The summed E-state index contributed by atoms with van der Waals surface area (Å²) in [6, 6.07) is 13.4. The highest BCUT2D eigenvalue weighted by atomic mass is 35.5. The third-order valence-electron chi connectivity index (χ3n) is 2.97. The topological polar surface area (TPSA) is 51.8 Å². The van der Waals surface area contributed by atoms with Gasteiger partial charge in [0.1, 0.15) is 11.1 Å². The number of hydrogen-bond donors (Lipinski definition) is 0. The van der Waals surface area contributed by atoms with E-state index in [1.165, 1.54) is 0 Å². The van der Waals surface area contributed by atoms with Crippen molar-refractivity contribution in [3.63, 3.8) is 0 Å². The first-order chi connectivity index (χ1) is 9.75. The van der Waals surface area contributed by atoms with Gasteiger partial charge in [-0.25, -0.2) is 0 Å². The molecule has 1 atom stereocenters. The number of pyridine rings is 1. The number of rotatable bonds is 3. The molecular formula is C15H12ClN3O. The number of aryl methyl sites for hydroxylation is 1. The molecule has 20 heavy (non-hydrogen) atoms. The van der Waals surface area contributed by atoms with Crippen LogP contribution in [0.3, 0.4) is 0 Å². The van der Waals surface area contributed by atoms with Gasteiger partial charge in [0.05, 0.1) is 0 Å². The van der Waals surface area contributed by atoms with Crippen molar-refractivity contribution in [1.82, 2.24) is 15.1 Å². The van der Waals surface area contributed by atoms with E-state index in [-0.39, 0.29) is 0 Å². The van der Waals surface area contributed by atoms with Crippen LogP contribution in [0.15, 0.2) is 53.2 Å². The predicted octanol–water partition coefficient (Wildman–Crippen LogP) is 3.77. The molecule has 0 amide bonds. The Bertz CT molecular complexity index is 712. The molecule has 0 saturated carbocycles. The van der Waals surface area contributed by atoms with E-state index < -0.39 is 5.38 Å². The van der Waals surface area contributed by atoms with Crippen molar-refractivity contribution < 1.29 is 4.52 Å². The van der Waals surface area contributed by atoms with Crippen molar-refractivity contribution >= 4 is 11.6 Å². The molecule has 100 valence electrons. The Kier molecular flexibility index (Phi) is 3.48. The van der Waals surface area contributed by atoms with E-state index in [0.29, 0.717) is 17.4 Å². The summed E-state index contributed by atoms with van der Waals surface area (Å²) in [6.45, 7) is 1.95. The Morgan fingerprint density at radius 1 is 1.10 bits per heavy atom. The fraction of sp³-hybridized carbons (Fsp3) is 0.133. The highest BCUT2D eigenvalue weighted by Crippen LogP contribution is 2.28. The van der Waals surface area contributed by atoms with Crippen LogP contribution in [0.1, 0.15) is 22.4 Å². The molecule has 0 saturated heterocycles. The largest absolute Gasteiger partial charge is 0.337 e. The molecule has 1 aromatic carbocycles. The van der Waals surface area contributed by atoms with Crippen molar-refractivity contribution in [2.45, 2.75) is 12.3 Å². The van der Waals surface area contributed by atoms with Crippen LogP contribution >= 0.6 is 11.6 Å². The summed E-state index contributed by atoms with van der Waals surface area (Å²) in [5, 5.41) is 3.50. The summed E-state index contributed by atoms with van der Waals surface area (Å²) in [5.74, 6) is 0.831. The minimum absolute atomic E-state index is 0.373. The van der Waals surface area contributed by atoms with Gasteiger partial charge in [-0.05, 0) is 24.1 Å². The summed E-state index contributed by atoms with van der Waals surface area (Å²) in [4.78, 5) is 8.61. The lowest BCUT2D eigenvalue weighted by atomic mass is 10.1. The second-order valence-electron chi connectivity index (χ2n) is 4.40. The minimum Gasteiger partial charge on any atom is -0.337 e. The van der Waals surface area contributed by atoms with Gasteiger partial charge in [-0.2, -0.15) is 4.98 Å². The average Bonchev–Trinajstić information content (AvgIpc) is 2.97. The van der Waals surface area contributed by atoms with Gasteiger partial charge in [0.25, 0.3) is 0 Å². The van der Waals surface area contributed by atoms with Crippen LogP contribution < -0.4 is 0 Å². The number of benzene rings is 1. The molecule has 3 aromatic rings. The predicted molar refractivity (Wildman–Crippen MR) is 76.4 cm³/mol. The maximum atomic E-state index is 6.36. The Labute approximate surface area is 121 Å². The molecule has 4 nitrogen and oxygen atoms in total. The third-order valence-corrected chi connectivity index (χ3v) is 3.41. The molecule has 0 aliphatic rings. The average molecular weight is 286 g/mol. The highest BCUT2D eigenvalue weighted by Gasteiger charge is 2.19. The molecule has 5 heteroatoms. The van der Waals surface area contributed by atoms with E-state index in [9.17, 15) is 0 Å². The van der Waals surface area contributed by atoms with Gasteiger partial charge in [-0.15, -0.1) is 11.6 Å². The van der Waals surface area contributed by atoms with E-state index in [2.05, 4.69) is 15.1 Å². The van der Waals surface area contributed by atoms with Crippen molar-refractivity contribution in [3.05, 3.63) is 65.7 Å². The summed E-state index contributed by atoms with van der Waals surface area (Å²) in [5.41, 5.74) is 2.62. The molecule has 2 heterocycles. The maximum absolute atomic E-state index is 6.36. The Hall–Kier alpha value is -2.20. The first kappa shape index (κ1) is 12.8. The van der Waals surface area contributed by atoms with Gasteiger partial charge in [-0.3, -0.25) is 4.98 Å². The normalized spacial score (nSPS) is 12.3. The van der Waals surface area contributed by atoms with E-state index >= 15 is 0 Å². The number of hydrogen-bond acceptors (Lipinski definition) is 4. The van der Waals surface area contributed by atoms with Crippen LogP contribution in [0.5, 0.6) is 0 Å². The summed E-state index contributed by atoms with van der Waals surface area (Å²) in [7, 11) is 0. The molecule has 0 N–H and O–H groups in total. The maximum Gasteiger partial charge on any atom is 0.249 e. The van der Waals surface area contributed by atoms with Crippen LogP contribution in [0, 0.1) is 6.92 Å². The van der Waals surface area contributed by atoms with Gasteiger partial charge in [0.2, 0.25) is 11.7 Å². The lowest BCUT2D eigenvalue weighted by molar-refractivity contribution is 0.383. The molecule has 2 aromatic heterocycles. The minimum atomic E-state index is -0.457. The quantitative estimate of drug-likeness (QED) is 0.687. The zero-order valence-electron chi connectivity index (χ0n) is 10.8. The Morgan fingerprint density at radius 2 is 1.90 bits per heavy atom. The molecule has 0 radical (unpaired) electrons. The van der Waals surface area contributed by atoms with E-state index in [4.69, 9.17) is 16.1 Å². The van der Waals surface area contributed by atoms with Gasteiger partial charge < -0.3 is 4.52 Å². The van der Waals surface area contributed by atoms with Gasteiger partial charge in [0, 0.05) is 6.20 Å². The molecule has 0 aliphatic heterocycles. The van der Waals surface area contributed by atoms with Crippen LogP contribution in [-0.4, -0.2) is 15.1 Å². The SMILES string of the molecule is Cc1cccnc1-c1noc(C(Cl)c2ccccc2)n1. The summed E-state index contributed by atoms with van der Waals surface area (Å²) in [6.07, 6.45) is 1.70. The second kappa shape index (κ2) is 5.43. The molecule has 3 rings (SSSR count). The summed E-state index contributed by atoms with van der Waals surface area (Å²) < 4.78 is 5.26. The van der Waals surface area contributed by atoms with E-state index in [1.807, 2.05) is 49.4 Å². The second-order valence-corrected chi connectivity index (χ2v) is 4.83. The number of alkyl halides is 1. The third kappa shape index (κ3) is 2.42. The standard InChI is InChI=1S/C15H12ClN3O/c1-10-6-5-9-17-13(10)14-18-15(20-19-14)12(16)11-7-3-2-4-8-11/h2-9,12H,1H3. The first-order valence-corrected chi connectivity index (χ1v) is 6.64. The van der Waals surface area contributed by atoms with Crippen LogP contribution in [-0.2, 0) is 0 Å². The number of aromatic nitrogens is 3. The lowest BCUT2D eigenvalue weighted by Crippen LogP contribution is -1.94. The fourth-order valence-corrected chi connectivity index (χ4v) is 2.15. The van der Waals surface area contributed by atoms with Crippen LogP contribution in [0.25, 0.3) is 11.5 Å². The zero-order chi connectivity index (χ0) is 13.9. The fourth-order valence-electron chi connectivity index (χ4n) is 1.92. The molecule has 0 aliphatic carbocycles. The van der Waals surface area contributed by atoms with Crippen molar-refractivity contribution in [2.24, 2.45) is 0 Å². The number of nitrogens with zero attached hydrogens (tertiary/aromatic N) is 3. The Balaban J connectivity index is 1.93. The molecule has 0 fully saturated rings. The van der Waals surface area contributed by atoms with Gasteiger partial charge in [-0.1, -0.05) is 41.6 Å². The summed E-state index contributed by atoms with van der Waals surface area (Å²) >= 11 is 6.36. The zero-order valence-corrected chi connectivity index (χ0v) is 11.6. The Morgan fingerprint density at radius 3 is 2.65 bits per heavy atom. The van der Waals surface area contributed by atoms with Crippen LogP contribution in [0.4, 0.5) is 0 Å². The van der Waals surface area contributed by atoms with Gasteiger partial charge in [0.15, 0.2) is 0 Å². The van der Waals surface area contributed by atoms with Crippen molar-refractivity contribution in [1.29, 1.82) is 0 Å². The molecule has 0 bridgehead atoms. The van der Waals surface area contributed by atoms with E-state index in [0.717, 1.165) is 11.1 Å². The van der Waals surface area contributed by atoms with Crippen molar-refractivity contribution in [2.75, 3.05) is 0 Å². The highest BCUT2D eigenvalue weighted by molar-refractivity contribution is 6.22. The van der Waals surface area contributed by atoms with Gasteiger partial charge >= 0.3 is 0 Å². The lowest BCUT2D eigenvalue weighted by Gasteiger charge is -2.03. The van der Waals surface area contributed by atoms with E-state index in [1.54, 1.807) is 6.20 Å². The number of halogens is 1. The monoisotopic (exact) mass is 285 g/mol.